The van der Waals surface area contributed by atoms with Crippen LogP contribution in [0.5, 0.6) is 0 Å². The van der Waals surface area contributed by atoms with Gasteiger partial charge in [-0.1, -0.05) is 46.9 Å². The van der Waals surface area contributed by atoms with E-state index in [-0.39, 0.29) is 21.2 Å². The van der Waals surface area contributed by atoms with E-state index in [1.165, 1.54) is 30.3 Å². The van der Waals surface area contributed by atoms with E-state index in [4.69, 9.17) is 34.8 Å². The average molecular weight is 318 g/mol. The van der Waals surface area contributed by atoms with Crippen molar-refractivity contribution >= 4 is 40.6 Å². The Labute approximate surface area is 124 Å². The molecule has 0 saturated heterocycles. The van der Waals surface area contributed by atoms with Crippen LogP contribution in [0.15, 0.2) is 30.3 Å². The van der Waals surface area contributed by atoms with Crippen molar-refractivity contribution in [3.05, 3.63) is 67.9 Å². The Balaban J connectivity index is 2.53. The molecule has 0 aliphatic rings. The van der Waals surface area contributed by atoms with E-state index in [0.717, 1.165) is 0 Å². The van der Waals surface area contributed by atoms with Gasteiger partial charge in [-0.15, -0.1) is 0 Å². The Morgan fingerprint density at radius 3 is 2.16 bits per heavy atom. The minimum absolute atomic E-state index is 0.121. The smallest absolute Gasteiger partial charge is 0.196 e. The van der Waals surface area contributed by atoms with E-state index < -0.39 is 11.6 Å². The van der Waals surface area contributed by atoms with Crippen LogP contribution in [0.4, 0.5) is 4.39 Å². The number of ketones is 1. The van der Waals surface area contributed by atoms with Crippen LogP contribution in [0, 0.1) is 12.7 Å². The minimum Gasteiger partial charge on any atom is -0.288 e. The molecule has 0 spiro atoms. The summed E-state index contributed by atoms with van der Waals surface area (Å²) < 4.78 is 13.5. The summed E-state index contributed by atoms with van der Waals surface area (Å²) in [6.45, 7) is 1.62. The third-order valence-electron chi connectivity index (χ3n) is 2.67. The lowest BCUT2D eigenvalue weighted by Gasteiger charge is -2.07. The van der Waals surface area contributed by atoms with Gasteiger partial charge in [0.2, 0.25) is 0 Å². The summed E-state index contributed by atoms with van der Waals surface area (Å²) in [7, 11) is 0. The fraction of sp³-hybridized carbons (Fsp3) is 0.0714. The summed E-state index contributed by atoms with van der Waals surface area (Å²) in [6, 6.07) is 7.07. The summed E-state index contributed by atoms with van der Waals surface area (Å²) in [4.78, 5) is 12.3. The lowest BCUT2D eigenvalue weighted by molar-refractivity contribution is 0.103. The third-order valence-corrected chi connectivity index (χ3v) is 3.48. The van der Waals surface area contributed by atoms with Crippen LogP contribution >= 0.6 is 34.8 Å². The second-order valence-electron chi connectivity index (χ2n) is 4.04. The van der Waals surface area contributed by atoms with Crippen molar-refractivity contribution in [3.8, 4) is 0 Å². The monoisotopic (exact) mass is 316 g/mol. The first kappa shape index (κ1) is 14.3. The van der Waals surface area contributed by atoms with Crippen LogP contribution in [0.3, 0.4) is 0 Å². The average Bonchev–Trinajstić information content (AvgIpc) is 2.31. The Kier molecular flexibility index (Phi) is 4.14. The van der Waals surface area contributed by atoms with Gasteiger partial charge in [-0.25, -0.2) is 4.39 Å². The number of carbonyl (C=O) groups is 1. The van der Waals surface area contributed by atoms with Crippen LogP contribution < -0.4 is 0 Å². The zero-order valence-corrected chi connectivity index (χ0v) is 12.1. The molecule has 0 aliphatic carbocycles. The zero-order chi connectivity index (χ0) is 14.2. The number of carbonyl (C=O) groups excluding carboxylic acids is 1. The second kappa shape index (κ2) is 5.49. The second-order valence-corrected chi connectivity index (χ2v) is 5.29. The quantitative estimate of drug-likeness (QED) is 0.685. The molecule has 2 aromatic rings. The first-order chi connectivity index (χ1) is 8.90. The van der Waals surface area contributed by atoms with Crippen molar-refractivity contribution in [2.75, 3.05) is 0 Å². The van der Waals surface area contributed by atoms with E-state index in [9.17, 15) is 9.18 Å². The maximum absolute atomic E-state index is 13.5. The zero-order valence-electron chi connectivity index (χ0n) is 9.81. The molecular formula is C14H8Cl3FO. The van der Waals surface area contributed by atoms with Gasteiger partial charge in [0, 0.05) is 10.6 Å². The molecule has 0 aliphatic heterocycles. The first-order valence-corrected chi connectivity index (χ1v) is 6.49. The normalized spacial score (nSPS) is 10.6. The molecule has 0 amide bonds. The van der Waals surface area contributed by atoms with Crippen molar-refractivity contribution < 1.29 is 9.18 Å². The van der Waals surface area contributed by atoms with Crippen molar-refractivity contribution in [2.24, 2.45) is 0 Å². The number of rotatable bonds is 2. The predicted molar refractivity (Wildman–Crippen MR) is 76.0 cm³/mol. The van der Waals surface area contributed by atoms with E-state index >= 15 is 0 Å². The van der Waals surface area contributed by atoms with Gasteiger partial charge in [-0.05, 0) is 30.7 Å². The van der Waals surface area contributed by atoms with E-state index in [1.807, 2.05) is 0 Å². The van der Waals surface area contributed by atoms with E-state index in [1.54, 1.807) is 6.92 Å². The van der Waals surface area contributed by atoms with Gasteiger partial charge >= 0.3 is 0 Å². The standard InChI is InChI=1S/C14H8Cl3FO/c1-7-2-3-8(4-12(7)18)14(19)13-10(16)5-9(15)6-11(13)17/h2-6H,1H3. The molecule has 0 saturated carbocycles. The highest BCUT2D eigenvalue weighted by atomic mass is 35.5. The molecule has 0 heterocycles. The summed E-state index contributed by atoms with van der Waals surface area (Å²) in [6.07, 6.45) is 0. The highest BCUT2D eigenvalue weighted by Gasteiger charge is 2.18. The molecule has 2 aromatic carbocycles. The van der Waals surface area contributed by atoms with Gasteiger partial charge < -0.3 is 0 Å². The van der Waals surface area contributed by atoms with Crippen LogP contribution in [-0.4, -0.2) is 5.78 Å². The molecule has 0 aromatic heterocycles. The molecule has 2 rings (SSSR count). The van der Waals surface area contributed by atoms with Crippen LogP contribution in [-0.2, 0) is 0 Å². The Hall–Kier alpha value is -1.09. The third kappa shape index (κ3) is 2.92. The van der Waals surface area contributed by atoms with Crippen molar-refractivity contribution in [3.63, 3.8) is 0 Å². The van der Waals surface area contributed by atoms with Crippen LogP contribution in [0.25, 0.3) is 0 Å². The highest BCUT2D eigenvalue weighted by Crippen LogP contribution is 2.31. The molecule has 0 bridgehead atoms. The maximum Gasteiger partial charge on any atom is 0.196 e. The van der Waals surface area contributed by atoms with Gasteiger partial charge in [0.25, 0.3) is 0 Å². The fourth-order valence-corrected chi connectivity index (χ4v) is 2.63. The molecule has 0 atom stereocenters. The van der Waals surface area contributed by atoms with Gasteiger partial charge in [-0.3, -0.25) is 4.79 Å². The summed E-state index contributed by atoms with van der Waals surface area (Å²) >= 11 is 17.7. The van der Waals surface area contributed by atoms with Gasteiger partial charge in [0.1, 0.15) is 5.82 Å². The Bertz CT molecular complexity index is 645. The number of aryl methyl sites for hydroxylation is 1. The first-order valence-electron chi connectivity index (χ1n) is 5.35. The predicted octanol–water partition coefficient (Wildman–Crippen LogP) is 5.33. The Morgan fingerprint density at radius 2 is 1.63 bits per heavy atom. The molecule has 0 unspecified atom stereocenters. The number of hydrogen-bond acceptors (Lipinski definition) is 1. The van der Waals surface area contributed by atoms with Crippen molar-refractivity contribution in [1.82, 2.24) is 0 Å². The van der Waals surface area contributed by atoms with Gasteiger partial charge in [0.15, 0.2) is 5.78 Å². The number of benzene rings is 2. The highest BCUT2D eigenvalue weighted by molar-refractivity contribution is 6.43. The molecular weight excluding hydrogens is 310 g/mol. The fourth-order valence-electron chi connectivity index (χ4n) is 1.64. The van der Waals surface area contributed by atoms with Crippen LogP contribution in [0.1, 0.15) is 21.5 Å². The summed E-state index contributed by atoms with van der Waals surface area (Å²) in [5.74, 6) is -0.891. The van der Waals surface area contributed by atoms with Gasteiger partial charge in [0.05, 0.1) is 15.6 Å². The van der Waals surface area contributed by atoms with E-state index in [0.29, 0.717) is 10.6 Å². The summed E-state index contributed by atoms with van der Waals surface area (Å²) in [5, 5.41) is 0.619. The topological polar surface area (TPSA) is 17.1 Å². The van der Waals surface area contributed by atoms with Gasteiger partial charge in [-0.2, -0.15) is 0 Å². The molecule has 0 radical (unpaired) electrons. The Morgan fingerprint density at radius 1 is 1.05 bits per heavy atom. The number of halogens is 4. The molecule has 1 nitrogen and oxygen atoms in total. The lowest BCUT2D eigenvalue weighted by Crippen LogP contribution is -2.04. The SMILES string of the molecule is Cc1ccc(C(=O)c2c(Cl)cc(Cl)cc2Cl)cc1F. The molecule has 0 fully saturated rings. The largest absolute Gasteiger partial charge is 0.288 e. The summed E-state index contributed by atoms with van der Waals surface area (Å²) in [5.41, 5.74) is 0.773. The van der Waals surface area contributed by atoms with Crippen LogP contribution in [0.2, 0.25) is 15.1 Å². The van der Waals surface area contributed by atoms with E-state index in [2.05, 4.69) is 0 Å². The van der Waals surface area contributed by atoms with Crippen molar-refractivity contribution in [2.45, 2.75) is 6.92 Å². The minimum atomic E-state index is -0.452. The molecule has 19 heavy (non-hydrogen) atoms. The maximum atomic E-state index is 13.5. The lowest BCUT2D eigenvalue weighted by atomic mass is 10.0. The molecule has 98 valence electrons. The molecule has 5 heteroatoms. The molecule has 0 N–H and O–H groups in total. The number of hydrogen-bond donors (Lipinski definition) is 0. The van der Waals surface area contributed by atoms with Crippen molar-refractivity contribution in [1.29, 1.82) is 0 Å².